The number of aromatic nitrogens is 1. The van der Waals surface area contributed by atoms with E-state index < -0.39 is 0 Å². The largest absolute Gasteiger partial charge is 0.465 e. The summed E-state index contributed by atoms with van der Waals surface area (Å²) < 4.78 is 4.70. The monoisotopic (exact) mass is 249 g/mol. The van der Waals surface area contributed by atoms with E-state index in [-0.39, 0.29) is 5.97 Å². The molecule has 0 aliphatic carbocycles. The molecule has 0 spiro atoms. The van der Waals surface area contributed by atoms with Crippen molar-refractivity contribution in [1.29, 1.82) is 0 Å². The average molecular weight is 249 g/mol. The van der Waals surface area contributed by atoms with Crippen molar-refractivity contribution in [3.8, 4) is 0 Å². The number of piperidine rings is 1. The van der Waals surface area contributed by atoms with Gasteiger partial charge in [-0.05, 0) is 38.4 Å². The number of nitrogens with one attached hydrogen (secondary N) is 2. The highest BCUT2D eigenvalue weighted by Gasteiger charge is 2.21. The Bertz CT molecular complexity index is 422. The zero-order valence-electron chi connectivity index (χ0n) is 10.8. The zero-order valence-corrected chi connectivity index (χ0v) is 10.8. The molecular weight excluding hydrogens is 230 g/mol. The lowest BCUT2D eigenvalue weighted by Gasteiger charge is -2.31. The minimum absolute atomic E-state index is 0.338. The highest BCUT2D eigenvalue weighted by Crippen LogP contribution is 2.15. The minimum Gasteiger partial charge on any atom is -0.465 e. The summed E-state index contributed by atoms with van der Waals surface area (Å²) in [5.41, 5.74) is 0.520. The van der Waals surface area contributed by atoms with Gasteiger partial charge in [-0.25, -0.2) is 9.78 Å². The van der Waals surface area contributed by atoms with Gasteiger partial charge in [-0.1, -0.05) is 0 Å². The van der Waals surface area contributed by atoms with Gasteiger partial charge >= 0.3 is 5.97 Å². The maximum Gasteiger partial charge on any atom is 0.338 e. The number of esters is 1. The predicted molar refractivity (Wildman–Crippen MR) is 69.7 cm³/mol. The van der Waals surface area contributed by atoms with Crippen LogP contribution in [0.25, 0.3) is 0 Å². The minimum atomic E-state index is -0.338. The van der Waals surface area contributed by atoms with E-state index in [9.17, 15) is 4.79 Å². The number of ether oxygens (including phenoxy) is 1. The number of hydrogen-bond donors (Lipinski definition) is 2. The van der Waals surface area contributed by atoms with E-state index in [4.69, 9.17) is 4.74 Å². The van der Waals surface area contributed by atoms with Gasteiger partial charge in [0, 0.05) is 18.3 Å². The van der Waals surface area contributed by atoms with Crippen molar-refractivity contribution in [3.63, 3.8) is 0 Å². The number of nitrogens with zero attached hydrogens (tertiary/aromatic N) is 1. The Kier molecular flexibility index (Phi) is 4.15. The molecule has 0 amide bonds. The number of carbonyl (C=O) groups is 1. The fraction of sp³-hybridized carbons (Fsp3) is 0.538. The van der Waals surface area contributed by atoms with Crippen LogP contribution in [0.15, 0.2) is 18.3 Å². The summed E-state index contributed by atoms with van der Waals surface area (Å²) in [6.45, 7) is 3.22. The van der Waals surface area contributed by atoms with E-state index in [2.05, 4.69) is 22.5 Å². The lowest BCUT2D eigenvalue weighted by atomic mass is 10.00. The van der Waals surface area contributed by atoms with Gasteiger partial charge < -0.3 is 15.4 Å². The third-order valence-corrected chi connectivity index (χ3v) is 3.28. The number of methoxy groups -OCH3 is 1. The molecule has 2 heterocycles. The van der Waals surface area contributed by atoms with Crippen molar-refractivity contribution >= 4 is 11.8 Å². The summed E-state index contributed by atoms with van der Waals surface area (Å²) in [6, 6.07) is 4.13. The van der Waals surface area contributed by atoms with Crippen molar-refractivity contribution < 1.29 is 9.53 Å². The summed E-state index contributed by atoms with van der Waals surface area (Å²) in [5, 5.41) is 6.79. The molecule has 1 aromatic rings. The molecule has 5 heteroatoms. The normalized spacial score (nSPS) is 23.4. The lowest BCUT2D eigenvalue weighted by molar-refractivity contribution is 0.0600. The molecule has 1 aromatic heterocycles. The molecule has 1 aliphatic rings. The van der Waals surface area contributed by atoms with Crippen LogP contribution in [0.4, 0.5) is 5.82 Å². The second-order valence-corrected chi connectivity index (χ2v) is 4.56. The van der Waals surface area contributed by atoms with Gasteiger partial charge in [0.2, 0.25) is 0 Å². The van der Waals surface area contributed by atoms with Gasteiger partial charge in [-0.15, -0.1) is 0 Å². The van der Waals surface area contributed by atoms with Crippen LogP contribution >= 0.6 is 0 Å². The van der Waals surface area contributed by atoms with Gasteiger partial charge in [0.1, 0.15) is 5.82 Å². The predicted octanol–water partition coefficient (Wildman–Crippen LogP) is 1.42. The average Bonchev–Trinajstić information content (AvgIpc) is 2.41. The summed E-state index contributed by atoms with van der Waals surface area (Å²) >= 11 is 0. The molecule has 0 saturated carbocycles. The van der Waals surface area contributed by atoms with E-state index in [0.717, 1.165) is 25.2 Å². The lowest BCUT2D eigenvalue weighted by Crippen LogP contribution is -2.46. The van der Waals surface area contributed by atoms with Crippen LogP contribution in [-0.4, -0.2) is 36.7 Å². The number of hydrogen-bond acceptors (Lipinski definition) is 5. The molecule has 0 bridgehead atoms. The Morgan fingerprint density at radius 2 is 2.44 bits per heavy atom. The Hall–Kier alpha value is -1.62. The fourth-order valence-corrected chi connectivity index (χ4v) is 2.19. The maximum atomic E-state index is 11.4. The van der Waals surface area contributed by atoms with Crippen LogP contribution < -0.4 is 10.6 Å². The second kappa shape index (κ2) is 5.82. The number of pyridine rings is 1. The Morgan fingerprint density at radius 1 is 1.61 bits per heavy atom. The first-order chi connectivity index (χ1) is 8.70. The van der Waals surface area contributed by atoms with E-state index in [1.54, 1.807) is 18.3 Å². The Balaban J connectivity index is 2.06. The van der Waals surface area contributed by atoms with E-state index in [0.29, 0.717) is 17.6 Å². The van der Waals surface area contributed by atoms with Gasteiger partial charge in [-0.3, -0.25) is 0 Å². The van der Waals surface area contributed by atoms with Crippen molar-refractivity contribution in [3.05, 3.63) is 23.9 Å². The zero-order chi connectivity index (χ0) is 13.0. The van der Waals surface area contributed by atoms with Crippen LogP contribution in [0.3, 0.4) is 0 Å². The Morgan fingerprint density at radius 3 is 3.17 bits per heavy atom. The molecule has 0 radical (unpaired) electrons. The van der Waals surface area contributed by atoms with Crippen LogP contribution in [0, 0.1) is 0 Å². The first kappa shape index (κ1) is 12.8. The molecular formula is C13H19N3O2. The van der Waals surface area contributed by atoms with E-state index >= 15 is 0 Å². The molecule has 1 fully saturated rings. The number of rotatable bonds is 3. The van der Waals surface area contributed by atoms with Crippen LogP contribution in [0.5, 0.6) is 0 Å². The standard InChI is InChI=1S/C13H19N3O2/c1-9-11(4-3-6-14-9)16-12-8-10(5-7-15-12)13(17)18-2/h5,7-9,11,14H,3-4,6H2,1-2H3,(H,15,16). The Labute approximate surface area is 107 Å². The number of anilines is 1. The number of carbonyl (C=O) groups excluding carboxylic acids is 1. The van der Waals surface area contributed by atoms with Crippen molar-refractivity contribution in [1.82, 2.24) is 10.3 Å². The van der Waals surface area contributed by atoms with E-state index in [1.807, 2.05) is 0 Å². The van der Waals surface area contributed by atoms with Crippen molar-refractivity contribution in [2.45, 2.75) is 31.8 Å². The topological polar surface area (TPSA) is 63.2 Å². The molecule has 2 rings (SSSR count). The summed E-state index contributed by atoms with van der Waals surface area (Å²) in [4.78, 5) is 15.7. The molecule has 18 heavy (non-hydrogen) atoms. The first-order valence-electron chi connectivity index (χ1n) is 6.25. The first-order valence-corrected chi connectivity index (χ1v) is 6.25. The molecule has 1 saturated heterocycles. The summed E-state index contributed by atoms with van der Waals surface area (Å²) in [5.74, 6) is 0.383. The van der Waals surface area contributed by atoms with Crippen LogP contribution in [-0.2, 0) is 4.74 Å². The second-order valence-electron chi connectivity index (χ2n) is 4.56. The van der Waals surface area contributed by atoms with Gasteiger partial charge in [0.15, 0.2) is 0 Å². The molecule has 2 N–H and O–H groups in total. The molecule has 5 nitrogen and oxygen atoms in total. The SMILES string of the molecule is COC(=O)c1ccnc(NC2CCCNC2C)c1. The summed E-state index contributed by atoms with van der Waals surface area (Å²) in [6.07, 6.45) is 3.88. The molecule has 98 valence electrons. The molecule has 0 aromatic carbocycles. The quantitative estimate of drug-likeness (QED) is 0.793. The van der Waals surface area contributed by atoms with Crippen LogP contribution in [0.1, 0.15) is 30.1 Å². The highest BCUT2D eigenvalue weighted by atomic mass is 16.5. The van der Waals surface area contributed by atoms with Gasteiger partial charge in [0.05, 0.1) is 12.7 Å². The fourth-order valence-electron chi connectivity index (χ4n) is 2.19. The van der Waals surface area contributed by atoms with Gasteiger partial charge in [-0.2, -0.15) is 0 Å². The molecule has 2 atom stereocenters. The van der Waals surface area contributed by atoms with E-state index in [1.165, 1.54) is 7.11 Å². The van der Waals surface area contributed by atoms with Crippen molar-refractivity contribution in [2.24, 2.45) is 0 Å². The van der Waals surface area contributed by atoms with Crippen molar-refractivity contribution in [2.75, 3.05) is 19.0 Å². The smallest absolute Gasteiger partial charge is 0.338 e. The van der Waals surface area contributed by atoms with Gasteiger partial charge in [0.25, 0.3) is 0 Å². The molecule has 2 unspecified atom stereocenters. The third kappa shape index (κ3) is 2.98. The van der Waals surface area contributed by atoms with Crippen LogP contribution in [0.2, 0.25) is 0 Å². The highest BCUT2D eigenvalue weighted by molar-refractivity contribution is 5.89. The third-order valence-electron chi connectivity index (χ3n) is 3.28. The molecule has 1 aliphatic heterocycles. The summed E-state index contributed by atoms with van der Waals surface area (Å²) in [7, 11) is 1.38. The maximum absolute atomic E-state index is 11.4.